The van der Waals surface area contributed by atoms with Crippen LogP contribution in [0, 0.1) is 5.41 Å². The Morgan fingerprint density at radius 1 is 1.54 bits per heavy atom. The number of carbonyl (C=O) groups is 1. The van der Waals surface area contributed by atoms with Crippen LogP contribution in [0.3, 0.4) is 0 Å². The average molecular weight is 182 g/mol. The third kappa shape index (κ3) is 1.63. The molecule has 0 aromatic rings. The summed E-state index contributed by atoms with van der Waals surface area (Å²) in [5, 5.41) is 7.70. The number of rotatable bonds is 0. The van der Waals surface area contributed by atoms with Crippen molar-refractivity contribution in [2.24, 2.45) is 5.73 Å². The van der Waals surface area contributed by atoms with Crippen LogP contribution in [0.15, 0.2) is 11.9 Å². The third-order valence-electron chi connectivity index (χ3n) is 2.18. The zero-order valence-corrected chi connectivity index (χ0v) is 7.87. The molecule has 1 fully saturated rings. The van der Waals surface area contributed by atoms with Crippen molar-refractivity contribution < 1.29 is 4.79 Å². The van der Waals surface area contributed by atoms with Gasteiger partial charge in [0.05, 0.1) is 0 Å². The molecule has 5 nitrogen and oxygen atoms in total. The van der Waals surface area contributed by atoms with E-state index in [1.807, 2.05) is 0 Å². The van der Waals surface area contributed by atoms with E-state index in [1.54, 1.807) is 19.0 Å². The summed E-state index contributed by atoms with van der Waals surface area (Å²) in [6, 6.07) is 0. The molecule has 0 aromatic carbocycles. The Labute approximate surface area is 77.3 Å². The molecule has 1 heterocycles. The highest BCUT2D eigenvalue weighted by atomic mass is 16.2. The molecule has 1 aliphatic rings. The first-order valence-electron chi connectivity index (χ1n) is 4.06. The average Bonchev–Trinajstić information content (AvgIpc) is 2.20. The van der Waals surface area contributed by atoms with Crippen molar-refractivity contribution in [3.05, 3.63) is 11.9 Å². The van der Waals surface area contributed by atoms with E-state index in [4.69, 9.17) is 11.1 Å². The number of likely N-dealkylation sites (N-methyl/N-ethyl adjacent to an activating group) is 2. The van der Waals surface area contributed by atoms with E-state index in [1.165, 1.54) is 11.1 Å². The van der Waals surface area contributed by atoms with Crippen molar-refractivity contribution in [2.75, 3.05) is 20.6 Å². The van der Waals surface area contributed by atoms with E-state index in [-0.39, 0.29) is 11.7 Å². The van der Waals surface area contributed by atoms with E-state index in [2.05, 4.69) is 0 Å². The van der Waals surface area contributed by atoms with E-state index in [0.717, 1.165) is 0 Å². The van der Waals surface area contributed by atoms with Gasteiger partial charge in [0.1, 0.15) is 11.5 Å². The molecular formula is C8H14N4O. The second-order valence-electron chi connectivity index (χ2n) is 3.02. The zero-order valence-electron chi connectivity index (χ0n) is 7.87. The fourth-order valence-electron chi connectivity index (χ4n) is 1.22. The lowest BCUT2D eigenvalue weighted by Gasteiger charge is -2.20. The van der Waals surface area contributed by atoms with Crippen molar-refractivity contribution in [3.63, 3.8) is 0 Å². The largest absolute Gasteiger partial charge is 0.403 e. The van der Waals surface area contributed by atoms with Crippen molar-refractivity contribution in [3.8, 4) is 0 Å². The smallest absolute Gasteiger partial charge is 0.228 e. The van der Waals surface area contributed by atoms with Gasteiger partial charge in [0.25, 0.3) is 0 Å². The molecule has 0 aromatic heterocycles. The highest BCUT2D eigenvalue weighted by Gasteiger charge is 2.23. The van der Waals surface area contributed by atoms with Gasteiger partial charge in [-0.15, -0.1) is 0 Å². The molecule has 0 radical (unpaired) electrons. The van der Waals surface area contributed by atoms with Gasteiger partial charge < -0.3 is 15.5 Å². The maximum Gasteiger partial charge on any atom is 0.228 e. The predicted octanol–water partition coefficient (Wildman–Crippen LogP) is -0.442. The van der Waals surface area contributed by atoms with Crippen molar-refractivity contribution >= 4 is 11.7 Å². The summed E-state index contributed by atoms with van der Waals surface area (Å²) in [5.74, 6) is 0.279. The van der Waals surface area contributed by atoms with E-state index >= 15 is 0 Å². The minimum atomic E-state index is -0.00852. The quantitative estimate of drug-likeness (QED) is 0.533. The van der Waals surface area contributed by atoms with Gasteiger partial charge in [0, 0.05) is 33.3 Å². The SMILES string of the molecule is CN1CCC(=O)N(C)/C(=C/N)C1=N. The van der Waals surface area contributed by atoms with Crippen LogP contribution in [0.25, 0.3) is 0 Å². The van der Waals surface area contributed by atoms with Crippen molar-refractivity contribution in [1.82, 2.24) is 9.80 Å². The number of carbonyl (C=O) groups excluding carboxylic acids is 1. The fourth-order valence-corrected chi connectivity index (χ4v) is 1.22. The topological polar surface area (TPSA) is 73.4 Å². The Morgan fingerprint density at radius 2 is 2.15 bits per heavy atom. The minimum Gasteiger partial charge on any atom is -0.403 e. The van der Waals surface area contributed by atoms with Gasteiger partial charge in [-0.1, -0.05) is 0 Å². The van der Waals surface area contributed by atoms with Crippen molar-refractivity contribution in [1.29, 1.82) is 5.41 Å². The number of hydrogen-bond donors (Lipinski definition) is 2. The molecule has 5 heteroatoms. The van der Waals surface area contributed by atoms with E-state index < -0.39 is 0 Å². The highest BCUT2D eigenvalue weighted by Crippen LogP contribution is 2.11. The molecule has 1 aliphatic heterocycles. The van der Waals surface area contributed by atoms with Crippen LogP contribution in [0.4, 0.5) is 0 Å². The summed E-state index contributed by atoms with van der Waals surface area (Å²) >= 11 is 0. The Balaban J connectivity index is 3.00. The number of hydrogen-bond acceptors (Lipinski definition) is 3. The van der Waals surface area contributed by atoms with Gasteiger partial charge in [0.15, 0.2) is 0 Å². The molecule has 1 amide bonds. The number of amidine groups is 1. The molecule has 0 atom stereocenters. The molecule has 0 aliphatic carbocycles. The monoisotopic (exact) mass is 182 g/mol. The van der Waals surface area contributed by atoms with Crippen LogP contribution in [0.1, 0.15) is 6.42 Å². The second kappa shape index (κ2) is 3.47. The van der Waals surface area contributed by atoms with Gasteiger partial charge in [-0.05, 0) is 0 Å². The van der Waals surface area contributed by atoms with E-state index in [9.17, 15) is 4.79 Å². The summed E-state index contributed by atoms with van der Waals surface area (Å²) in [6.07, 6.45) is 1.72. The summed E-state index contributed by atoms with van der Waals surface area (Å²) in [7, 11) is 3.41. The molecule has 13 heavy (non-hydrogen) atoms. The Kier molecular flexibility index (Phi) is 2.55. The van der Waals surface area contributed by atoms with Crippen LogP contribution in [0.2, 0.25) is 0 Å². The van der Waals surface area contributed by atoms with Gasteiger partial charge in [-0.3, -0.25) is 10.2 Å². The number of amides is 1. The molecule has 3 N–H and O–H groups in total. The lowest BCUT2D eigenvalue weighted by atomic mass is 10.3. The standard InChI is InChI=1S/C8H14N4O/c1-11-4-3-7(13)12(2)6(5-9)8(11)10/h5,10H,3-4,9H2,1-2H3/b6-5+,10-8?. The van der Waals surface area contributed by atoms with Gasteiger partial charge in [-0.25, -0.2) is 0 Å². The fraction of sp³-hybridized carbons (Fsp3) is 0.500. The molecule has 0 bridgehead atoms. The van der Waals surface area contributed by atoms with Gasteiger partial charge in [0.2, 0.25) is 5.91 Å². The second-order valence-corrected chi connectivity index (χ2v) is 3.02. The molecule has 0 saturated carbocycles. The van der Waals surface area contributed by atoms with Crippen LogP contribution in [0.5, 0.6) is 0 Å². The first-order chi connectivity index (χ1) is 6.07. The molecule has 72 valence electrons. The third-order valence-corrected chi connectivity index (χ3v) is 2.18. The number of nitrogens with one attached hydrogen (secondary N) is 1. The van der Waals surface area contributed by atoms with Gasteiger partial charge in [-0.2, -0.15) is 0 Å². The maximum absolute atomic E-state index is 11.4. The Morgan fingerprint density at radius 3 is 2.69 bits per heavy atom. The normalized spacial score (nSPS) is 22.5. The molecule has 0 spiro atoms. The summed E-state index contributed by atoms with van der Waals surface area (Å²) in [6.45, 7) is 0.569. The lowest BCUT2D eigenvalue weighted by molar-refractivity contribution is -0.127. The Bertz CT molecular complexity index is 271. The first-order valence-corrected chi connectivity index (χ1v) is 4.06. The van der Waals surface area contributed by atoms with E-state index in [0.29, 0.717) is 18.7 Å². The zero-order chi connectivity index (χ0) is 10.0. The molecule has 1 rings (SSSR count). The Hall–Kier alpha value is -1.52. The maximum atomic E-state index is 11.4. The van der Waals surface area contributed by atoms with Gasteiger partial charge >= 0.3 is 0 Å². The van der Waals surface area contributed by atoms with Crippen molar-refractivity contribution in [2.45, 2.75) is 6.42 Å². The summed E-state index contributed by atoms with van der Waals surface area (Å²) in [4.78, 5) is 14.5. The summed E-state index contributed by atoms with van der Waals surface area (Å²) < 4.78 is 0. The molecular weight excluding hydrogens is 168 g/mol. The molecule has 0 unspecified atom stereocenters. The minimum absolute atomic E-state index is 0.00852. The predicted molar refractivity (Wildman–Crippen MR) is 50.0 cm³/mol. The van der Waals surface area contributed by atoms with Crippen LogP contribution >= 0.6 is 0 Å². The highest BCUT2D eigenvalue weighted by molar-refractivity contribution is 6.00. The lowest BCUT2D eigenvalue weighted by Crippen LogP contribution is -2.31. The molecule has 1 saturated heterocycles. The number of nitrogens with two attached hydrogens (primary N) is 1. The first kappa shape index (κ1) is 9.57. The van der Waals surface area contributed by atoms with Crippen LogP contribution in [-0.4, -0.2) is 42.2 Å². The van der Waals surface area contributed by atoms with Crippen LogP contribution in [-0.2, 0) is 4.79 Å². The summed E-state index contributed by atoms with van der Waals surface area (Å²) in [5.41, 5.74) is 5.82. The number of nitrogens with zero attached hydrogens (tertiary/aromatic N) is 2. The van der Waals surface area contributed by atoms with Crippen LogP contribution < -0.4 is 5.73 Å².